The predicted octanol–water partition coefficient (Wildman–Crippen LogP) is 0.151. The van der Waals surface area contributed by atoms with Crippen LogP contribution in [0.3, 0.4) is 0 Å². The van der Waals surface area contributed by atoms with Gasteiger partial charge in [0.15, 0.2) is 0 Å². The van der Waals surface area contributed by atoms with Crippen LogP contribution < -0.4 is 5.32 Å². The smallest absolute Gasteiger partial charge is 0.349 e. The molecule has 54 valence electrons. The fraction of sp³-hybridized carbons (Fsp3) is 0.200. The molecule has 1 rings (SSSR count). The number of aliphatic imine (C=N–C) groups is 1. The number of aliphatic carboxylic acids is 1. The summed E-state index contributed by atoms with van der Waals surface area (Å²) in [5.41, 5.74) is 0. The van der Waals surface area contributed by atoms with Gasteiger partial charge in [-0.15, -0.1) is 0 Å². The first-order chi connectivity index (χ1) is 4.70. The van der Waals surface area contributed by atoms with Crippen LogP contribution in [0.15, 0.2) is 16.2 Å². The molecule has 0 aromatic heterocycles. The van der Waals surface area contributed by atoms with E-state index in [1.165, 1.54) is 12.4 Å². The Balaban J connectivity index is 2.60. The molecule has 0 saturated heterocycles. The van der Waals surface area contributed by atoms with Crippen molar-refractivity contribution in [2.45, 2.75) is 6.17 Å². The number of carboxylic acids is 1. The molecule has 1 atom stereocenters. The van der Waals surface area contributed by atoms with Gasteiger partial charge in [0.1, 0.15) is 0 Å². The van der Waals surface area contributed by atoms with Crippen molar-refractivity contribution in [3.8, 4) is 0 Å². The first-order valence-corrected chi connectivity index (χ1v) is 2.95. The van der Waals surface area contributed by atoms with Gasteiger partial charge in [-0.05, 0) is 0 Å². The molecule has 0 aromatic rings. The molecule has 0 aliphatic carbocycles. The lowest BCUT2D eigenvalue weighted by molar-refractivity contribution is -0.138. The van der Waals surface area contributed by atoms with Gasteiger partial charge in [0, 0.05) is 12.4 Å². The number of allylic oxidation sites excluding steroid dienone is 1. The fourth-order valence-electron chi connectivity index (χ4n) is 0.520. The van der Waals surface area contributed by atoms with E-state index in [4.69, 9.17) is 16.7 Å². The largest absolute Gasteiger partial charge is 0.478 e. The lowest BCUT2D eigenvalue weighted by Gasteiger charge is -2.10. The highest BCUT2D eigenvalue weighted by atomic mass is 35.5. The van der Waals surface area contributed by atoms with Crippen LogP contribution in [-0.4, -0.2) is 23.5 Å². The molecular formula is C5H5ClN2O2. The lowest BCUT2D eigenvalue weighted by Crippen LogP contribution is -2.33. The van der Waals surface area contributed by atoms with Gasteiger partial charge in [-0.2, -0.15) is 0 Å². The summed E-state index contributed by atoms with van der Waals surface area (Å²) in [5, 5.41) is 11.3. The van der Waals surface area contributed by atoms with E-state index in [0.717, 1.165) is 0 Å². The molecule has 1 unspecified atom stereocenters. The van der Waals surface area contributed by atoms with E-state index < -0.39 is 12.1 Å². The molecule has 1 aliphatic heterocycles. The van der Waals surface area contributed by atoms with Gasteiger partial charge in [0.25, 0.3) is 0 Å². The number of halogens is 1. The second-order valence-corrected chi connectivity index (χ2v) is 2.15. The van der Waals surface area contributed by atoms with E-state index >= 15 is 0 Å². The van der Waals surface area contributed by atoms with Crippen molar-refractivity contribution < 1.29 is 9.90 Å². The maximum absolute atomic E-state index is 10.2. The molecule has 10 heavy (non-hydrogen) atoms. The molecule has 0 spiro atoms. The Morgan fingerprint density at radius 2 is 2.60 bits per heavy atom. The summed E-state index contributed by atoms with van der Waals surface area (Å²) in [6, 6.07) is 0. The van der Waals surface area contributed by atoms with Crippen LogP contribution in [0.25, 0.3) is 0 Å². The topological polar surface area (TPSA) is 61.7 Å². The standard InChI is InChI=1S/C5H5ClN2O2/c6-3-1-7-4(5(9)10)8-2-3/h1-2,4,7H,(H,9,10). The average molecular weight is 161 g/mol. The van der Waals surface area contributed by atoms with Gasteiger partial charge >= 0.3 is 5.97 Å². The Hall–Kier alpha value is -1.03. The van der Waals surface area contributed by atoms with Gasteiger partial charge in [-0.25, -0.2) is 4.79 Å². The molecule has 5 heteroatoms. The van der Waals surface area contributed by atoms with Crippen LogP contribution in [0.4, 0.5) is 0 Å². The first kappa shape index (κ1) is 7.08. The van der Waals surface area contributed by atoms with E-state index in [1.54, 1.807) is 0 Å². The molecular weight excluding hydrogens is 156 g/mol. The van der Waals surface area contributed by atoms with Crippen molar-refractivity contribution in [3.63, 3.8) is 0 Å². The summed E-state index contributed by atoms with van der Waals surface area (Å²) in [6.07, 6.45) is 1.81. The second kappa shape index (κ2) is 2.70. The van der Waals surface area contributed by atoms with Crippen LogP contribution in [-0.2, 0) is 4.79 Å². The molecule has 0 aromatic carbocycles. The monoisotopic (exact) mass is 160 g/mol. The number of hydrogen-bond acceptors (Lipinski definition) is 3. The van der Waals surface area contributed by atoms with Crippen LogP contribution in [0.1, 0.15) is 0 Å². The maximum atomic E-state index is 10.2. The molecule has 0 saturated carbocycles. The van der Waals surface area contributed by atoms with Gasteiger partial charge < -0.3 is 10.4 Å². The lowest BCUT2D eigenvalue weighted by atomic mass is 10.4. The predicted molar refractivity (Wildman–Crippen MR) is 37.0 cm³/mol. The van der Waals surface area contributed by atoms with Crippen LogP contribution in [0.5, 0.6) is 0 Å². The van der Waals surface area contributed by atoms with Crippen molar-refractivity contribution in [2.24, 2.45) is 4.99 Å². The highest BCUT2D eigenvalue weighted by molar-refractivity contribution is 6.39. The number of hydrogen-bond donors (Lipinski definition) is 2. The van der Waals surface area contributed by atoms with E-state index in [-0.39, 0.29) is 0 Å². The SMILES string of the molecule is O=C(O)C1N=CC(Cl)=CN1. The zero-order valence-electron chi connectivity index (χ0n) is 4.91. The minimum absolute atomic E-state index is 0.400. The number of carbonyl (C=O) groups is 1. The van der Waals surface area contributed by atoms with Crippen LogP contribution in [0.2, 0.25) is 0 Å². The quantitative estimate of drug-likeness (QED) is 0.574. The Labute approximate surface area is 62.2 Å². The van der Waals surface area contributed by atoms with Gasteiger partial charge in [-0.1, -0.05) is 11.6 Å². The highest BCUT2D eigenvalue weighted by Crippen LogP contribution is 2.01. The minimum atomic E-state index is -1.02. The third-order valence-electron chi connectivity index (χ3n) is 0.960. The van der Waals surface area contributed by atoms with Crippen LogP contribution >= 0.6 is 11.6 Å². The second-order valence-electron chi connectivity index (χ2n) is 1.71. The van der Waals surface area contributed by atoms with Gasteiger partial charge in [0.2, 0.25) is 6.17 Å². The van der Waals surface area contributed by atoms with E-state index in [9.17, 15) is 4.79 Å². The average Bonchev–Trinajstić information content (AvgIpc) is 1.88. The van der Waals surface area contributed by atoms with Crippen molar-refractivity contribution in [2.75, 3.05) is 0 Å². The molecule has 0 radical (unpaired) electrons. The van der Waals surface area contributed by atoms with E-state index in [1.807, 2.05) is 0 Å². The summed E-state index contributed by atoms with van der Waals surface area (Å²) in [6.45, 7) is 0. The molecule has 0 fully saturated rings. The zero-order valence-corrected chi connectivity index (χ0v) is 5.67. The minimum Gasteiger partial charge on any atom is -0.478 e. The number of rotatable bonds is 1. The Bertz CT molecular complexity index is 212. The Morgan fingerprint density at radius 3 is 3.00 bits per heavy atom. The summed E-state index contributed by atoms with van der Waals surface area (Å²) < 4.78 is 0. The number of carboxylic acid groups (broad SMARTS) is 1. The van der Waals surface area contributed by atoms with E-state index in [0.29, 0.717) is 5.03 Å². The summed E-state index contributed by atoms with van der Waals surface area (Å²) in [7, 11) is 0. The number of nitrogens with one attached hydrogen (secondary N) is 1. The number of nitrogens with zero attached hydrogens (tertiary/aromatic N) is 1. The molecule has 1 aliphatic rings. The van der Waals surface area contributed by atoms with Crippen molar-refractivity contribution in [3.05, 3.63) is 11.2 Å². The molecule has 2 N–H and O–H groups in total. The summed E-state index contributed by atoms with van der Waals surface area (Å²) >= 11 is 5.44. The molecule has 0 bridgehead atoms. The van der Waals surface area contributed by atoms with E-state index in [2.05, 4.69) is 10.3 Å². The molecule has 4 nitrogen and oxygen atoms in total. The van der Waals surface area contributed by atoms with Crippen LogP contribution in [0, 0.1) is 0 Å². The molecule has 1 heterocycles. The first-order valence-electron chi connectivity index (χ1n) is 2.58. The third kappa shape index (κ3) is 1.48. The fourth-order valence-corrected chi connectivity index (χ4v) is 0.639. The Kier molecular flexibility index (Phi) is 1.91. The van der Waals surface area contributed by atoms with Gasteiger partial charge in [-0.3, -0.25) is 4.99 Å². The third-order valence-corrected chi connectivity index (χ3v) is 1.17. The highest BCUT2D eigenvalue weighted by Gasteiger charge is 2.14. The molecule has 0 amide bonds. The summed E-state index contributed by atoms with van der Waals surface area (Å²) in [4.78, 5) is 13.8. The zero-order chi connectivity index (χ0) is 7.56. The van der Waals surface area contributed by atoms with Gasteiger partial charge in [0.05, 0.1) is 5.03 Å². The van der Waals surface area contributed by atoms with Crippen molar-refractivity contribution in [1.29, 1.82) is 0 Å². The maximum Gasteiger partial charge on any atom is 0.349 e. The normalized spacial score (nSPS) is 23.3. The summed E-state index contributed by atoms with van der Waals surface area (Å²) in [5.74, 6) is -1.02. The van der Waals surface area contributed by atoms with Crippen molar-refractivity contribution in [1.82, 2.24) is 5.32 Å². The Morgan fingerprint density at radius 1 is 1.90 bits per heavy atom. The van der Waals surface area contributed by atoms with Crippen molar-refractivity contribution >= 4 is 23.8 Å².